The summed E-state index contributed by atoms with van der Waals surface area (Å²) in [4.78, 5) is 46.8. The Morgan fingerprint density at radius 3 is 2.61 bits per heavy atom. The smallest absolute Gasteiger partial charge is 0.461 e. The van der Waals surface area contributed by atoms with Crippen LogP contribution in [0, 0.1) is 10.8 Å². The first-order chi connectivity index (χ1) is 14.3. The number of carbonyl (C=O) groups excluding carboxylic acids is 3. The van der Waals surface area contributed by atoms with E-state index in [1.54, 1.807) is 34.6 Å². The molecule has 0 aliphatic carbocycles. The second-order valence-corrected chi connectivity index (χ2v) is 11.0. The highest BCUT2D eigenvalue weighted by Gasteiger charge is 2.59. The summed E-state index contributed by atoms with van der Waals surface area (Å²) in [5.41, 5.74) is -1.50. The highest BCUT2D eigenvalue weighted by atomic mass is 31.2. The number of ether oxygens (including phenoxy) is 2. The van der Waals surface area contributed by atoms with E-state index in [2.05, 4.69) is 10.6 Å². The van der Waals surface area contributed by atoms with Gasteiger partial charge in [0.1, 0.15) is 12.7 Å². The third-order valence-electron chi connectivity index (χ3n) is 4.75. The van der Waals surface area contributed by atoms with Crippen molar-refractivity contribution in [2.24, 2.45) is 10.8 Å². The highest BCUT2D eigenvalue weighted by molar-refractivity contribution is 7.55. The molecule has 2 rings (SSSR count). The van der Waals surface area contributed by atoms with Crippen molar-refractivity contribution in [2.45, 2.75) is 59.7 Å². The standard InChI is InChI=1S/C19H33N2O9P/c1-18(2,3)17(24)26-12-28-31(25)27-11-19(4,5)15(30-31)16(23)21-9-7-14(22)29-13-6-8-20-10-13/h13,15,20,25H,6-12H2,1-5H3/p+1/t13?,15-,31?/m0/s1. The highest BCUT2D eigenvalue weighted by Crippen LogP contribution is 2.63. The molecule has 0 bridgehead atoms. The van der Waals surface area contributed by atoms with Gasteiger partial charge in [0.2, 0.25) is 6.79 Å². The molecule has 31 heavy (non-hydrogen) atoms. The topological polar surface area (TPSA) is 142 Å². The molecule has 3 N–H and O–H groups in total. The number of esters is 2. The van der Waals surface area contributed by atoms with Crippen LogP contribution in [-0.4, -0.2) is 68.0 Å². The number of carbonyl (C=O) groups is 3. The van der Waals surface area contributed by atoms with Gasteiger partial charge in [0.15, 0.2) is 6.10 Å². The molecule has 2 aliphatic rings. The van der Waals surface area contributed by atoms with Gasteiger partial charge in [-0.25, -0.2) is 0 Å². The summed E-state index contributed by atoms with van der Waals surface area (Å²) in [5.74, 6) is -1.43. The maximum absolute atomic E-state index is 12.7. The van der Waals surface area contributed by atoms with Crippen LogP contribution in [0.5, 0.6) is 0 Å². The Hall–Kier alpha value is -1.36. The molecule has 0 radical (unpaired) electrons. The Balaban J connectivity index is 1.82. The molecular weight excluding hydrogens is 431 g/mol. The molecule has 2 heterocycles. The lowest BCUT2D eigenvalue weighted by molar-refractivity contribution is -0.165. The Kier molecular flexibility index (Phi) is 8.77. The molecule has 0 aromatic carbocycles. The number of amides is 1. The fraction of sp³-hybridized carbons (Fsp3) is 0.842. The van der Waals surface area contributed by atoms with Crippen LogP contribution in [0.25, 0.3) is 0 Å². The molecule has 2 aliphatic heterocycles. The summed E-state index contributed by atoms with van der Waals surface area (Å²) in [6, 6.07) is 0. The van der Waals surface area contributed by atoms with E-state index >= 15 is 0 Å². The summed E-state index contributed by atoms with van der Waals surface area (Å²) in [7, 11) is -3.87. The minimum Gasteiger partial charge on any atom is -0.461 e. The molecule has 2 unspecified atom stereocenters. The fourth-order valence-corrected chi connectivity index (χ4v) is 4.34. The van der Waals surface area contributed by atoms with Crippen molar-refractivity contribution in [3.63, 3.8) is 0 Å². The van der Waals surface area contributed by atoms with E-state index in [1.807, 2.05) is 0 Å². The van der Waals surface area contributed by atoms with E-state index in [9.17, 15) is 19.3 Å². The Bertz CT molecular complexity index is 661. The van der Waals surface area contributed by atoms with E-state index in [0.717, 1.165) is 13.0 Å². The van der Waals surface area contributed by atoms with Crippen LogP contribution in [0.3, 0.4) is 0 Å². The lowest BCUT2D eigenvalue weighted by Gasteiger charge is -2.36. The predicted molar refractivity (Wildman–Crippen MR) is 110 cm³/mol. The van der Waals surface area contributed by atoms with E-state index in [4.69, 9.17) is 23.0 Å². The summed E-state index contributed by atoms with van der Waals surface area (Å²) in [6.07, 6.45) is -0.432. The van der Waals surface area contributed by atoms with Gasteiger partial charge in [0.25, 0.3) is 5.91 Å². The number of hydrogen-bond donors (Lipinski definition) is 3. The van der Waals surface area contributed by atoms with Crippen LogP contribution < -0.4 is 10.6 Å². The van der Waals surface area contributed by atoms with Gasteiger partial charge < -0.3 is 20.1 Å². The van der Waals surface area contributed by atoms with Gasteiger partial charge in [-0.3, -0.25) is 14.4 Å². The molecule has 1 amide bonds. The zero-order valence-corrected chi connectivity index (χ0v) is 19.7. The van der Waals surface area contributed by atoms with E-state index < -0.39 is 49.7 Å². The SMILES string of the molecule is CC(C)(C)C(=O)OCO[P+]1(O)OCC(C)(C)[C@H](C(=O)NCCC(=O)OC2CCNC2)O1. The van der Waals surface area contributed by atoms with Crippen LogP contribution >= 0.6 is 8.17 Å². The lowest BCUT2D eigenvalue weighted by atomic mass is 9.87. The number of rotatable bonds is 8. The average molecular weight is 465 g/mol. The molecular formula is C19H34N2O9P+. The van der Waals surface area contributed by atoms with Gasteiger partial charge in [-0.2, -0.15) is 9.42 Å². The zero-order valence-electron chi connectivity index (χ0n) is 18.8. The number of hydrogen-bond acceptors (Lipinski definition) is 10. The second kappa shape index (κ2) is 10.5. The monoisotopic (exact) mass is 465 g/mol. The van der Waals surface area contributed by atoms with Crippen LogP contribution in [0.2, 0.25) is 0 Å². The quantitative estimate of drug-likeness (QED) is 0.271. The van der Waals surface area contributed by atoms with Crippen LogP contribution in [0.1, 0.15) is 47.5 Å². The average Bonchev–Trinajstić information content (AvgIpc) is 3.16. The van der Waals surface area contributed by atoms with Gasteiger partial charge in [-0.1, -0.05) is 13.8 Å². The van der Waals surface area contributed by atoms with Crippen LogP contribution in [-0.2, 0) is 37.4 Å². The molecule has 0 aromatic rings. The van der Waals surface area contributed by atoms with Crippen molar-refractivity contribution in [2.75, 3.05) is 33.0 Å². The van der Waals surface area contributed by atoms with Gasteiger partial charge in [-0.05, 0) is 33.7 Å². The first-order valence-electron chi connectivity index (χ1n) is 10.3. The van der Waals surface area contributed by atoms with Crippen molar-refractivity contribution < 1.29 is 42.3 Å². The Morgan fingerprint density at radius 2 is 2.00 bits per heavy atom. The van der Waals surface area contributed by atoms with E-state index in [-0.39, 0.29) is 25.7 Å². The fourth-order valence-electron chi connectivity index (χ4n) is 2.82. The summed E-state index contributed by atoms with van der Waals surface area (Å²) >= 11 is 0. The lowest BCUT2D eigenvalue weighted by Crippen LogP contribution is -2.50. The minimum absolute atomic E-state index is 0.0146. The van der Waals surface area contributed by atoms with E-state index in [1.165, 1.54) is 0 Å². The molecule has 2 saturated heterocycles. The predicted octanol–water partition coefficient (Wildman–Crippen LogP) is 1.07. The van der Waals surface area contributed by atoms with E-state index in [0.29, 0.717) is 6.54 Å². The number of nitrogens with one attached hydrogen (secondary N) is 2. The summed E-state index contributed by atoms with van der Waals surface area (Å²) < 4.78 is 26.2. The molecule has 0 spiro atoms. The maximum atomic E-state index is 12.7. The molecule has 2 fully saturated rings. The van der Waals surface area contributed by atoms with Crippen molar-refractivity contribution >= 4 is 26.0 Å². The molecule has 12 heteroatoms. The Morgan fingerprint density at radius 1 is 1.29 bits per heavy atom. The first-order valence-corrected chi connectivity index (χ1v) is 11.8. The van der Waals surface area contributed by atoms with Crippen LogP contribution in [0.4, 0.5) is 0 Å². The Labute approximate surface area is 183 Å². The van der Waals surface area contributed by atoms with Crippen molar-refractivity contribution in [3.05, 3.63) is 0 Å². The minimum atomic E-state index is -3.87. The van der Waals surface area contributed by atoms with Gasteiger partial charge >= 0.3 is 20.1 Å². The van der Waals surface area contributed by atoms with Crippen molar-refractivity contribution in [3.8, 4) is 0 Å². The second-order valence-electron chi connectivity index (χ2n) is 9.29. The molecule has 178 valence electrons. The zero-order chi connectivity index (χ0) is 23.3. The summed E-state index contributed by atoms with van der Waals surface area (Å²) in [6.45, 7) is 9.43. The normalized spacial score (nSPS) is 28.1. The van der Waals surface area contributed by atoms with Gasteiger partial charge in [0, 0.05) is 18.5 Å². The van der Waals surface area contributed by atoms with Crippen LogP contribution in [0.15, 0.2) is 0 Å². The molecule has 3 atom stereocenters. The largest absolute Gasteiger partial charge is 0.576 e. The molecule has 0 aromatic heterocycles. The molecule has 0 saturated carbocycles. The first kappa shape index (κ1) is 25.9. The van der Waals surface area contributed by atoms with Gasteiger partial charge in [0.05, 0.1) is 11.8 Å². The third kappa shape index (κ3) is 7.93. The summed E-state index contributed by atoms with van der Waals surface area (Å²) in [5, 5.41) is 5.73. The van der Waals surface area contributed by atoms with Crippen molar-refractivity contribution in [1.82, 2.24) is 10.6 Å². The third-order valence-corrected chi connectivity index (χ3v) is 6.11. The maximum Gasteiger partial charge on any atom is 0.576 e. The molecule has 11 nitrogen and oxygen atoms in total. The van der Waals surface area contributed by atoms with Gasteiger partial charge in [-0.15, -0.1) is 9.05 Å². The van der Waals surface area contributed by atoms with Crippen molar-refractivity contribution in [1.29, 1.82) is 0 Å².